The molecule has 0 saturated carbocycles. The minimum Gasteiger partial charge on any atom is -0.481 e. The molecule has 0 radical (unpaired) electrons. The summed E-state index contributed by atoms with van der Waals surface area (Å²) in [4.78, 5) is 24.8. The standard InChI is InChI=1S/C11H15BrN2O3/c1-7(2-3-10(15)16)5-14-11(17)9-4-8(12)6-13-9/h4,6-7,13H,2-3,5H2,1H3,(H,14,17)(H,15,16). The van der Waals surface area contributed by atoms with Crippen molar-refractivity contribution in [3.63, 3.8) is 0 Å². The number of carbonyl (C=O) groups excluding carboxylic acids is 1. The van der Waals surface area contributed by atoms with Gasteiger partial charge in [0.1, 0.15) is 5.69 Å². The maximum absolute atomic E-state index is 11.6. The van der Waals surface area contributed by atoms with Gasteiger partial charge in [-0.15, -0.1) is 0 Å². The van der Waals surface area contributed by atoms with Crippen LogP contribution in [0.15, 0.2) is 16.7 Å². The third-order valence-electron chi connectivity index (χ3n) is 2.35. The molecule has 3 N–H and O–H groups in total. The van der Waals surface area contributed by atoms with Crippen LogP contribution in [0.25, 0.3) is 0 Å². The lowest BCUT2D eigenvalue weighted by Gasteiger charge is -2.10. The fraction of sp³-hybridized carbons (Fsp3) is 0.455. The van der Waals surface area contributed by atoms with Crippen LogP contribution in [-0.2, 0) is 4.79 Å². The average molecular weight is 303 g/mol. The molecule has 1 unspecified atom stereocenters. The van der Waals surface area contributed by atoms with Gasteiger partial charge in [-0.2, -0.15) is 0 Å². The number of aliphatic carboxylic acids is 1. The van der Waals surface area contributed by atoms with Gasteiger partial charge in [0.15, 0.2) is 0 Å². The molecule has 5 nitrogen and oxygen atoms in total. The van der Waals surface area contributed by atoms with Crippen LogP contribution in [-0.4, -0.2) is 28.5 Å². The van der Waals surface area contributed by atoms with Crippen LogP contribution in [0.5, 0.6) is 0 Å². The number of aromatic amines is 1. The number of amides is 1. The van der Waals surface area contributed by atoms with E-state index in [1.54, 1.807) is 12.3 Å². The van der Waals surface area contributed by atoms with Gasteiger partial charge in [-0.3, -0.25) is 9.59 Å². The lowest BCUT2D eigenvalue weighted by molar-refractivity contribution is -0.137. The van der Waals surface area contributed by atoms with Crippen molar-refractivity contribution in [1.29, 1.82) is 0 Å². The van der Waals surface area contributed by atoms with E-state index in [9.17, 15) is 9.59 Å². The Labute approximate surface area is 108 Å². The maximum atomic E-state index is 11.6. The smallest absolute Gasteiger partial charge is 0.303 e. The first-order valence-electron chi connectivity index (χ1n) is 5.33. The number of carbonyl (C=O) groups is 2. The van der Waals surface area contributed by atoms with Crippen LogP contribution >= 0.6 is 15.9 Å². The number of H-pyrrole nitrogens is 1. The summed E-state index contributed by atoms with van der Waals surface area (Å²) < 4.78 is 0.821. The number of carboxylic acids is 1. The first-order valence-corrected chi connectivity index (χ1v) is 6.12. The summed E-state index contributed by atoms with van der Waals surface area (Å²) in [5.74, 6) is -0.845. The van der Waals surface area contributed by atoms with Gasteiger partial charge in [0.25, 0.3) is 5.91 Å². The Hall–Kier alpha value is -1.30. The lowest BCUT2D eigenvalue weighted by atomic mass is 10.1. The third kappa shape index (κ3) is 5.04. The molecule has 0 spiro atoms. The average Bonchev–Trinajstić information content (AvgIpc) is 2.70. The highest BCUT2D eigenvalue weighted by Crippen LogP contribution is 2.10. The van der Waals surface area contributed by atoms with E-state index < -0.39 is 5.97 Å². The van der Waals surface area contributed by atoms with Crippen molar-refractivity contribution in [2.45, 2.75) is 19.8 Å². The summed E-state index contributed by atoms with van der Waals surface area (Å²) in [6, 6.07) is 1.69. The largest absolute Gasteiger partial charge is 0.481 e. The quantitative estimate of drug-likeness (QED) is 0.752. The normalized spacial score (nSPS) is 12.1. The molecule has 1 rings (SSSR count). The van der Waals surface area contributed by atoms with E-state index >= 15 is 0 Å². The summed E-state index contributed by atoms with van der Waals surface area (Å²) in [7, 11) is 0. The Bertz CT molecular complexity index is 403. The summed E-state index contributed by atoms with van der Waals surface area (Å²) in [6.07, 6.45) is 2.37. The van der Waals surface area contributed by atoms with Gasteiger partial charge < -0.3 is 15.4 Å². The van der Waals surface area contributed by atoms with E-state index in [0.717, 1.165) is 4.47 Å². The second kappa shape index (κ2) is 6.44. The Morgan fingerprint density at radius 2 is 2.29 bits per heavy atom. The zero-order valence-corrected chi connectivity index (χ0v) is 11.1. The molecule has 6 heteroatoms. The molecule has 17 heavy (non-hydrogen) atoms. The lowest BCUT2D eigenvalue weighted by Crippen LogP contribution is -2.28. The second-order valence-electron chi connectivity index (χ2n) is 3.98. The number of carboxylic acid groups (broad SMARTS) is 1. The van der Waals surface area contributed by atoms with Gasteiger partial charge in [-0.1, -0.05) is 6.92 Å². The van der Waals surface area contributed by atoms with Crippen LogP contribution in [0.2, 0.25) is 0 Å². The Balaban J connectivity index is 2.30. The van der Waals surface area contributed by atoms with Crippen molar-refractivity contribution in [3.05, 3.63) is 22.4 Å². The zero-order valence-electron chi connectivity index (χ0n) is 9.50. The van der Waals surface area contributed by atoms with Crippen LogP contribution in [0.1, 0.15) is 30.3 Å². The van der Waals surface area contributed by atoms with Gasteiger partial charge >= 0.3 is 5.97 Å². The van der Waals surface area contributed by atoms with Gasteiger partial charge in [0, 0.05) is 23.6 Å². The predicted octanol–water partition coefficient (Wildman–Crippen LogP) is 2.01. The SMILES string of the molecule is CC(CCC(=O)O)CNC(=O)c1cc(Br)c[nH]1. The van der Waals surface area contributed by atoms with E-state index in [-0.39, 0.29) is 18.2 Å². The molecule has 0 aromatic carbocycles. The number of rotatable bonds is 6. The molecule has 1 atom stereocenters. The van der Waals surface area contributed by atoms with Crippen molar-refractivity contribution >= 4 is 27.8 Å². The molecule has 0 bridgehead atoms. The molecular weight excluding hydrogens is 288 g/mol. The van der Waals surface area contributed by atoms with Gasteiger partial charge in [-0.25, -0.2) is 0 Å². The highest BCUT2D eigenvalue weighted by molar-refractivity contribution is 9.10. The van der Waals surface area contributed by atoms with E-state index in [1.807, 2.05) is 6.92 Å². The zero-order chi connectivity index (χ0) is 12.8. The molecule has 1 aromatic heterocycles. The van der Waals surface area contributed by atoms with E-state index in [0.29, 0.717) is 18.7 Å². The molecule has 0 fully saturated rings. The second-order valence-corrected chi connectivity index (χ2v) is 4.89. The van der Waals surface area contributed by atoms with Crippen molar-refractivity contribution in [2.24, 2.45) is 5.92 Å². The Kier molecular flexibility index (Phi) is 5.21. The van der Waals surface area contributed by atoms with E-state index in [1.165, 1.54) is 0 Å². The molecule has 0 aliphatic heterocycles. The minimum atomic E-state index is -0.809. The first-order chi connectivity index (χ1) is 7.99. The highest BCUT2D eigenvalue weighted by Gasteiger charge is 2.10. The van der Waals surface area contributed by atoms with Gasteiger partial charge in [0.05, 0.1) is 0 Å². The fourth-order valence-electron chi connectivity index (χ4n) is 1.33. The van der Waals surface area contributed by atoms with Crippen molar-refractivity contribution < 1.29 is 14.7 Å². The van der Waals surface area contributed by atoms with Crippen LogP contribution in [0, 0.1) is 5.92 Å². The van der Waals surface area contributed by atoms with Crippen molar-refractivity contribution in [3.8, 4) is 0 Å². The summed E-state index contributed by atoms with van der Waals surface area (Å²) in [5, 5.41) is 11.3. The molecule has 94 valence electrons. The monoisotopic (exact) mass is 302 g/mol. The van der Waals surface area contributed by atoms with Gasteiger partial charge in [-0.05, 0) is 34.3 Å². The van der Waals surface area contributed by atoms with Crippen molar-refractivity contribution in [2.75, 3.05) is 6.54 Å². The molecule has 0 aliphatic rings. The van der Waals surface area contributed by atoms with E-state index in [2.05, 4.69) is 26.2 Å². The van der Waals surface area contributed by atoms with Crippen molar-refractivity contribution in [1.82, 2.24) is 10.3 Å². The minimum absolute atomic E-state index is 0.130. The molecular formula is C11H15BrN2O3. The first kappa shape index (κ1) is 13.8. The topological polar surface area (TPSA) is 82.2 Å². The van der Waals surface area contributed by atoms with Crippen LogP contribution < -0.4 is 5.32 Å². The Morgan fingerprint density at radius 1 is 1.59 bits per heavy atom. The summed E-state index contributed by atoms with van der Waals surface area (Å²) >= 11 is 3.24. The third-order valence-corrected chi connectivity index (χ3v) is 2.81. The number of hydrogen-bond acceptors (Lipinski definition) is 2. The number of nitrogens with one attached hydrogen (secondary N) is 2. The Morgan fingerprint density at radius 3 is 2.82 bits per heavy atom. The highest BCUT2D eigenvalue weighted by atomic mass is 79.9. The van der Waals surface area contributed by atoms with E-state index in [4.69, 9.17) is 5.11 Å². The maximum Gasteiger partial charge on any atom is 0.303 e. The molecule has 1 aromatic rings. The number of halogens is 1. The molecule has 1 heterocycles. The molecule has 1 amide bonds. The number of hydrogen-bond donors (Lipinski definition) is 3. The summed E-state index contributed by atoms with van der Waals surface area (Å²) in [5.41, 5.74) is 0.488. The molecule has 0 aliphatic carbocycles. The van der Waals surface area contributed by atoms with Crippen LogP contribution in [0.4, 0.5) is 0 Å². The van der Waals surface area contributed by atoms with Gasteiger partial charge in [0.2, 0.25) is 0 Å². The summed E-state index contributed by atoms with van der Waals surface area (Å²) in [6.45, 7) is 2.39. The number of aromatic nitrogens is 1. The van der Waals surface area contributed by atoms with Crippen LogP contribution in [0.3, 0.4) is 0 Å². The molecule has 0 saturated heterocycles. The predicted molar refractivity (Wildman–Crippen MR) is 66.9 cm³/mol. The fourth-order valence-corrected chi connectivity index (χ4v) is 1.68.